The van der Waals surface area contributed by atoms with Crippen molar-refractivity contribution in [1.82, 2.24) is 0 Å². The van der Waals surface area contributed by atoms with Crippen LogP contribution in [-0.2, 0) is 19.9 Å². The number of benzene rings is 2. The number of carboxylic acid groups (broad SMARTS) is 1. The van der Waals surface area contributed by atoms with Crippen LogP contribution in [0.15, 0.2) is 36.4 Å². The lowest BCUT2D eigenvalue weighted by atomic mass is 9.63. The fourth-order valence-electron chi connectivity index (χ4n) is 4.44. The molecule has 1 aliphatic carbocycles. The molecule has 2 bridgehead atoms. The van der Waals surface area contributed by atoms with Gasteiger partial charge in [0.25, 0.3) is 0 Å². The summed E-state index contributed by atoms with van der Waals surface area (Å²) in [6.45, 7) is 0.451. The lowest BCUT2D eigenvalue weighted by Crippen LogP contribution is -2.49. The number of hydrogen-bond acceptors (Lipinski definition) is 4. The predicted molar refractivity (Wildman–Crippen MR) is 104 cm³/mol. The Kier molecular flexibility index (Phi) is 5.94. The molecule has 166 valence electrons. The van der Waals surface area contributed by atoms with E-state index in [0.29, 0.717) is 38.0 Å². The molecule has 2 aliphatic heterocycles. The minimum atomic E-state index is -1.11. The molecule has 8 heteroatoms. The maximum Gasteiger partial charge on any atom is 0.329 e. The number of ether oxygens (including phenoxy) is 3. The van der Waals surface area contributed by atoms with Crippen molar-refractivity contribution in [3.63, 3.8) is 0 Å². The van der Waals surface area contributed by atoms with Gasteiger partial charge in [-0.2, -0.15) is 4.39 Å². The highest BCUT2D eigenvalue weighted by molar-refractivity contribution is 5.67. The second-order valence-corrected chi connectivity index (χ2v) is 8.31. The monoisotopic (exact) mass is 436 g/mol. The fourth-order valence-corrected chi connectivity index (χ4v) is 4.44. The Morgan fingerprint density at radius 1 is 1.06 bits per heavy atom. The van der Waals surface area contributed by atoms with Gasteiger partial charge >= 0.3 is 5.97 Å². The van der Waals surface area contributed by atoms with Gasteiger partial charge in [0.2, 0.25) is 5.82 Å². The second kappa shape index (κ2) is 8.51. The molecule has 0 spiro atoms. The standard InChI is InChI=1S/C23H23F3O5/c24-16-1-3-17(4-2-16)31-19-12-15(11-18(25)21(19)26)23-7-5-22(6-8-23,14-30-23)9-10-29-13-20(27)28/h1-4,11-12H,5-10,13-14H2,(H,27,28). The third-order valence-corrected chi connectivity index (χ3v) is 6.34. The van der Waals surface area contributed by atoms with Crippen LogP contribution in [0.1, 0.15) is 37.7 Å². The first kappa shape index (κ1) is 21.6. The number of aliphatic carboxylic acids is 1. The molecule has 0 unspecified atom stereocenters. The van der Waals surface area contributed by atoms with E-state index in [1.54, 1.807) is 0 Å². The zero-order chi connectivity index (χ0) is 22.1. The molecular formula is C23H23F3O5. The van der Waals surface area contributed by atoms with Gasteiger partial charge in [0.1, 0.15) is 18.2 Å². The average Bonchev–Trinajstić information content (AvgIpc) is 2.77. The molecule has 5 nitrogen and oxygen atoms in total. The number of hydrogen-bond donors (Lipinski definition) is 1. The molecule has 0 aromatic heterocycles. The first-order valence-electron chi connectivity index (χ1n) is 10.2. The van der Waals surface area contributed by atoms with Crippen LogP contribution in [0.25, 0.3) is 0 Å². The first-order chi connectivity index (χ1) is 14.8. The van der Waals surface area contributed by atoms with Crippen LogP contribution in [0, 0.1) is 22.9 Å². The van der Waals surface area contributed by atoms with Crippen LogP contribution in [0.4, 0.5) is 13.2 Å². The summed E-state index contributed by atoms with van der Waals surface area (Å²) < 4.78 is 58.7. The van der Waals surface area contributed by atoms with Crippen molar-refractivity contribution in [2.24, 2.45) is 5.41 Å². The number of fused-ring (bicyclic) bond motifs is 3. The third-order valence-electron chi connectivity index (χ3n) is 6.34. The van der Waals surface area contributed by atoms with Crippen LogP contribution >= 0.6 is 0 Å². The normalized spacial score (nSPS) is 24.9. The zero-order valence-electron chi connectivity index (χ0n) is 16.8. The lowest BCUT2D eigenvalue weighted by Gasteiger charge is -2.53. The summed E-state index contributed by atoms with van der Waals surface area (Å²) in [6.07, 6.45) is 3.58. The van der Waals surface area contributed by atoms with E-state index in [0.717, 1.165) is 18.9 Å². The van der Waals surface area contributed by atoms with Crippen molar-refractivity contribution in [2.75, 3.05) is 19.8 Å². The Morgan fingerprint density at radius 3 is 2.39 bits per heavy atom. The first-order valence-corrected chi connectivity index (χ1v) is 10.2. The SMILES string of the molecule is O=C(O)COCCC12CCC(c3cc(F)c(F)c(Oc4ccc(F)cc4)c3)(CC1)OC2. The van der Waals surface area contributed by atoms with E-state index >= 15 is 0 Å². The van der Waals surface area contributed by atoms with E-state index < -0.39 is 29.0 Å². The zero-order valence-corrected chi connectivity index (χ0v) is 16.8. The van der Waals surface area contributed by atoms with Gasteiger partial charge in [-0.3, -0.25) is 0 Å². The Hall–Kier alpha value is -2.58. The molecule has 3 aliphatic rings. The van der Waals surface area contributed by atoms with Gasteiger partial charge in [0.15, 0.2) is 11.6 Å². The van der Waals surface area contributed by atoms with Gasteiger partial charge in [0, 0.05) is 6.61 Å². The molecule has 0 amide bonds. The van der Waals surface area contributed by atoms with Crippen molar-refractivity contribution in [2.45, 2.75) is 37.7 Å². The van der Waals surface area contributed by atoms with Gasteiger partial charge < -0.3 is 19.3 Å². The maximum absolute atomic E-state index is 14.4. The molecule has 3 fully saturated rings. The van der Waals surface area contributed by atoms with E-state index in [-0.39, 0.29) is 23.5 Å². The molecule has 2 saturated heterocycles. The van der Waals surface area contributed by atoms with Crippen LogP contribution in [-0.4, -0.2) is 30.9 Å². The molecule has 5 rings (SSSR count). The Balaban J connectivity index is 1.48. The smallest absolute Gasteiger partial charge is 0.329 e. The number of halogens is 3. The number of carboxylic acids is 1. The minimum Gasteiger partial charge on any atom is -0.480 e. The number of carbonyl (C=O) groups is 1. The molecule has 31 heavy (non-hydrogen) atoms. The number of rotatable bonds is 8. The molecule has 0 radical (unpaired) electrons. The molecular weight excluding hydrogens is 413 g/mol. The van der Waals surface area contributed by atoms with Crippen LogP contribution in [0.3, 0.4) is 0 Å². The maximum atomic E-state index is 14.4. The van der Waals surface area contributed by atoms with E-state index in [4.69, 9.17) is 19.3 Å². The summed E-state index contributed by atoms with van der Waals surface area (Å²) in [5.74, 6) is -3.68. The highest BCUT2D eigenvalue weighted by Gasteiger charge is 2.50. The summed E-state index contributed by atoms with van der Waals surface area (Å²) in [5, 5.41) is 8.68. The van der Waals surface area contributed by atoms with Gasteiger partial charge in [-0.05, 0) is 79.5 Å². The minimum absolute atomic E-state index is 0.0910. The van der Waals surface area contributed by atoms with E-state index in [2.05, 4.69) is 0 Å². The second-order valence-electron chi connectivity index (χ2n) is 8.31. The molecule has 2 heterocycles. The van der Waals surface area contributed by atoms with Crippen LogP contribution in [0.5, 0.6) is 11.5 Å². The molecule has 1 N–H and O–H groups in total. The van der Waals surface area contributed by atoms with Gasteiger partial charge in [-0.25, -0.2) is 13.6 Å². The molecule has 1 saturated carbocycles. The van der Waals surface area contributed by atoms with Crippen LogP contribution in [0.2, 0.25) is 0 Å². The van der Waals surface area contributed by atoms with Gasteiger partial charge in [-0.15, -0.1) is 0 Å². The fraction of sp³-hybridized carbons (Fsp3) is 0.435. The van der Waals surface area contributed by atoms with Crippen molar-refractivity contribution in [1.29, 1.82) is 0 Å². The summed E-state index contributed by atoms with van der Waals surface area (Å²) in [5.41, 5.74) is -0.301. The van der Waals surface area contributed by atoms with Gasteiger partial charge in [0.05, 0.1) is 12.2 Å². The molecule has 0 atom stereocenters. The quantitative estimate of drug-likeness (QED) is 0.578. The van der Waals surface area contributed by atoms with E-state index in [9.17, 15) is 18.0 Å². The van der Waals surface area contributed by atoms with E-state index in [1.807, 2.05) is 0 Å². The van der Waals surface area contributed by atoms with Crippen molar-refractivity contribution >= 4 is 5.97 Å². The van der Waals surface area contributed by atoms with E-state index in [1.165, 1.54) is 30.3 Å². The van der Waals surface area contributed by atoms with Crippen molar-refractivity contribution < 1.29 is 37.3 Å². The third kappa shape index (κ3) is 4.55. The Labute approximate surface area is 177 Å². The van der Waals surface area contributed by atoms with Crippen molar-refractivity contribution in [3.05, 3.63) is 59.4 Å². The summed E-state index contributed by atoms with van der Waals surface area (Å²) in [4.78, 5) is 10.6. The van der Waals surface area contributed by atoms with Crippen molar-refractivity contribution in [3.8, 4) is 11.5 Å². The highest BCUT2D eigenvalue weighted by atomic mass is 19.2. The topological polar surface area (TPSA) is 65.0 Å². The summed E-state index contributed by atoms with van der Waals surface area (Å²) in [6, 6.07) is 7.65. The Morgan fingerprint density at radius 2 is 1.77 bits per heavy atom. The average molecular weight is 436 g/mol. The lowest BCUT2D eigenvalue weighted by molar-refractivity contribution is -0.194. The summed E-state index contributed by atoms with van der Waals surface area (Å²) in [7, 11) is 0. The largest absolute Gasteiger partial charge is 0.480 e. The van der Waals surface area contributed by atoms with Gasteiger partial charge in [-0.1, -0.05) is 0 Å². The molecule has 2 aromatic rings. The highest BCUT2D eigenvalue weighted by Crippen LogP contribution is 2.55. The molecule has 2 aromatic carbocycles. The Bertz CT molecular complexity index is 936. The predicted octanol–water partition coefficient (Wildman–Crippen LogP) is 5.17. The summed E-state index contributed by atoms with van der Waals surface area (Å²) >= 11 is 0. The van der Waals surface area contributed by atoms with Crippen LogP contribution < -0.4 is 4.74 Å².